The molecule has 8 heteroatoms. The number of aliphatic hydroxyl groups is 1. The smallest absolute Gasteiger partial charge is 0.244 e. The molecule has 2 aromatic carbocycles. The van der Waals surface area contributed by atoms with Gasteiger partial charge in [0.1, 0.15) is 0 Å². The number of likely N-dealkylation sites (tertiary alicyclic amines) is 1. The average Bonchev–Trinajstić information content (AvgIpc) is 3.29. The predicted molar refractivity (Wildman–Crippen MR) is 101 cm³/mol. The maximum atomic E-state index is 10.9. The maximum Gasteiger partial charge on any atom is 0.244 e. The van der Waals surface area contributed by atoms with Gasteiger partial charge in [-0.25, -0.2) is 0 Å². The van der Waals surface area contributed by atoms with Crippen LogP contribution in [0.5, 0.6) is 0 Å². The zero-order chi connectivity index (χ0) is 19.5. The van der Waals surface area contributed by atoms with Gasteiger partial charge in [-0.15, -0.1) is 0 Å². The lowest BCUT2D eigenvalue weighted by Gasteiger charge is -2.23. The van der Waals surface area contributed by atoms with Crippen LogP contribution in [0.4, 0.5) is 5.69 Å². The first-order valence-electron chi connectivity index (χ1n) is 9.12. The number of benzene rings is 2. The van der Waals surface area contributed by atoms with Crippen molar-refractivity contribution >= 4 is 5.69 Å². The van der Waals surface area contributed by atoms with Crippen LogP contribution in [0.15, 0.2) is 59.1 Å². The zero-order valence-electron chi connectivity index (χ0n) is 15.2. The van der Waals surface area contributed by atoms with Gasteiger partial charge in [-0.2, -0.15) is 4.98 Å². The minimum absolute atomic E-state index is 0.166. The van der Waals surface area contributed by atoms with Crippen molar-refractivity contribution in [2.45, 2.75) is 31.5 Å². The van der Waals surface area contributed by atoms with Gasteiger partial charge in [0.15, 0.2) is 5.82 Å². The summed E-state index contributed by atoms with van der Waals surface area (Å²) in [5, 5.41) is 33.9. The Kier molecular flexibility index (Phi) is 5.36. The van der Waals surface area contributed by atoms with Crippen molar-refractivity contribution in [3.63, 3.8) is 0 Å². The van der Waals surface area contributed by atoms with E-state index in [0.717, 1.165) is 11.1 Å². The highest BCUT2D eigenvalue weighted by Crippen LogP contribution is 2.33. The molecule has 0 bridgehead atoms. The Hall–Kier alpha value is -2.78. The van der Waals surface area contributed by atoms with Crippen LogP contribution in [0.3, 0.4) is 0 Å². The molecule has 1 aliphatic rings. The molecular formula is C20H21N4O4-. The fourth-order valence-corrected chi connectivity index (χ4v) is 3.53. The molecule has 2 atom stereocenters. The fraction of sp³-hybridized carbons (Fsp3) is 0.300. The molecular weight excluding hydrogens is 360 g/mol. The van der Waals surface area contributed by atoms with Crippen LogP contribution in [0.25, 0.3) is 0 Å². The molecule has 0 amide bonds. The quantitative estimate of drug-likeness (QED) is 0.627. The van der Waals surface area contributed by atoms with Gasteiger partial charge in [-0.1, -0.05) is 47.6 Å². The summed E-state index contributed by atoms with van der Waals surface area (Å²) < 4.78 is 5.49. The van der Waals surface area contributed by atoms with Gasteiger partial charge in [-0.05, 0) is 29.7 Å². The van der Waals surface area contributed by atoms with Crippen molar-refractivity contribution < 1.29 is 14.8 Å². The molecule has 0 radical (unpaired) electrons. The summed E-state index contributed by atoms with van der Waals surface area (Å²) in [5.41, 5.74) is 2.23. The maximum absolute atomic E-state index is 10.9. The summed E-state index contributed by atoms with van der Waals surface area (Å²) >= 11 is 0. The van der Waals surface area contributed by atoms with Gasteiger partial charge in [0.2, 0.25) is 5.89 Å². The SMILES string of the molecule is [O-]N(O)c1ccc(CN2CC(O)CC2c2nc(Cc3ccccc3)no2)cc1. The van der Waals surface area contributed by atoms with E-state index in [9.17, 15) is 10.3 Å². The molecule has 2 heterocycles. The van der Waals surface area contributed by atoms with E-state index in [1.807, 2.05) is 30.3 Å². The minimum Gasteiger partial charge on any atom is -0.733 e. The van der Waals surface area contributed by atoms with E-state index in [0.29, 0.717) is 37.6 Å². The van der Waals surface area contributed by atoms with Crippen LogP contribution in [0.1, 0.15) is 35.3 Å². The first-order valence-corrected chi connectivity index (χ1v) is 9.12. The van der Waals surface area contributed by atoms with E-state index in [1.54, 1.807) is 24.3 Å². The van der Waals surface area contributed by atoms with Crippen molar-refractivity contribution in [3.8, 4) is 0 Å². The second kappa shape index (κ2) is 8.07. The molecule has 4 rings (SSSR count). The van der Waals surface area contributed by atoms with E-state index >= 15 is 0 Å². The first-order chi connectivity index (χ1) is 13.6. The molecule has 0 saturated carbocycles. The molecule has 1 saturated heterocycles. The summed E-state index contributed by atoms with van der Waals surface area (Å²) in [5.74, 6) is 1.12. The molecule has 8 nitrogen and oxygen atoms in total. The Morgan fingerprint density at radius 3 is 2.57 bits per heavy atom. The molecule has 0 spiro atoms. The van der Waals surface area contributed by atoms with E-state index in [-0.39, 0.29) is 17.0 Å². The predicted octanol–water partition coefficient (Wildman–Crippen LogP) is 2.66. The van der Waals surface area contributed by atoms with Crippen LogP contribution >= 0.6 is 0 Å². The van der Waals surface area contributed by atoms with Gasteiger partial charge in [0, 0.05) is 19.5 Å². The van der Waals surface area contributed by atoms with E-state index < -0.39 is 6.10 Å². The number of aromatic nitrogens is 2. The molecule has 1 aromatic heterocycles. The van der Waals surface area contributed by atoms with Crippen LogP contribution in [0.2, 0.25) is 0 Å². The highest BCUT2D eigenvalue weighted by molar-refractivity contribution is 5.45. The number of nitrogens with zero attached hydrogens (tertiary/aromatic N) is 4. The largest absolute Gasteiger partial charge is 0.733 e. The van der Waals surface area contributed by atoms with Gasteiger partial charge in [0.25, 0.3) is 0 Å². The second-order valence-corrected chi connectivity index (χ2v) is 6.99. The zero-order valence-corrected chi connectivity index (χ0v) is 15.2. The average molecular weight is 381 g/mol. The van der Waals surface area contributed by atoms with Crippen molar-refractivity contribution in [3.05, 3.63) is 82.6 Å². The lowest BCUT2D eigenvalue weighted by molar-refractivity contribution is 0.169. The third kappa shape index (κ3) is 4.20. The van der Waals surface area contributed by atoms with Gasteiger partial charge in [0.05, 0.1) is 17.8 Å². The number of rotatable bonds is 6. The molecule has 1 fully saturated rings. The summed E-state index contributed by atoms with van der Waals surface area (Å²) in [6, 6.07) is 16.4. The van der Waals surface area contributed by atoms with Crippen LogP contribution in [0, 0.1) is 5.21 Å². The highest BCUT2D eigenvalue weighted by Gasteiger charge is 2.35. The van der Waals surface area contributed by atoms with Gasteiger partial charge >= 0.3 is 0 Å². The molecule has 2 unspecified atom stereocenters. The number of aliphatic hydroxyl groups excluding tert-OH is 1. The Balaban J connectivity index is 1.47. The van der Waals surface area contributed by atoms with Crippen LogP contribution in [-0.2, 0) is 13.0 Å². The van der Waals surface area contributed by atoms with E-state index in [4.69, 9.17) is 9.73 Å². The summed E-state index contributed by atoms with van der Waals surface area (Å²) in [7, 11) is 0. The van der Waals surface area contributed by atoms with E-state index in [2.05, 4.69) is 15.0 Å². The summed E-state index contributed by atoms with van der Waals surface area (Å²) in [4.78, 5) is 6.62. The van der Waals surface area contributed by atoms with Crippen molar-refractivity contribution in [2.75, 3.05) is 11.8 Å². The number of β-amino-alcohol motifs (C(OH)–C–C–N with tert-alkyl or cyclic N) is 1. The third-order valence-corrected chi connectivity index (χ3v) is 4.90. The Morgan fingerprint density at radius 1 is 1.11 bits per heavy atom. The van der Waals surface area contributed by atoms with Crippen LogP contribution < -0.4 is 5.23 Å². The molecule has 0 aliphatic carbocycles. The van der Waals surface area contributed by atoms with Crippen molar-refractivity contribution in [1.82, 2.24) is 15.0 Å². The van der Waals surface area contributed by atoms with E-state index in [1.165, 1.54) is 0 Å². The number of hydrogen-bond donors (Lipinski definition) is 2. The van der Waals surface area contributed by atoms with Crippen molar-refractivity contribution in [2.24, 2.45) is 0 Å². The Bertz CT molecular complexity index is 898. The standard InChI is InChI=1S/C20H21N4O4/c25-17-11-18(20-21-19(22-28-20)10-14-4-2-1-3-5-14)23(13-17)12-15-6-8-16(9-7-15)24(26)27/h1-9,17-18,25-26H,10-13H2/q-1. The summed E-state index contributed by atoms with van der Waals surface area (Å²) in [6.07, 6.45) is 0.646. The first kappa shape index (κ1) is 18.6. The normalized spacial score (nSPS) is 19.8. The minimum atomic E-state index is -0.469. The Labute approximate surface area is 162 Å². The van der Waals surface area contributed by atoms with Crippen LogP contribution in [-0.4, -0.2) is 38.0 Å². The molecule has 146 valence electrons. The summed E-state index contributed by atoms with van der Waals surface area (Å²) in [6.45, 7) is 1.05. The molecule has 2 N–H and O–H groups in total. The highest BCUT2D eigenvalue weighted by atomic mass is 16.8. The van der Waals surface area contributed by atoms with Crippen molar-refractivity contribution in [1.29, 1.82) is 0 Å². The number of hydrogen-bond acceptors (Lipinski definition) is 8. The lowest BCUT2D eigenvalue weighted by Crippen LogP contribution is -2.24. The molecule has 1 aliphatic heterocycles. The number of anilines is 1. The molecule has 3 aromatic rings. The Morgan fingerprint density at radius 2 is 1.86 bits per heavy atom. The lowest BCUT2D eigenvalue weighted by atomic mass is 10.1. The monoisotopic (exact) mass is 381 g/mol. The second-order valence-electron chi connectivity index (χ2n) is 6.99. The fourth-order valence-electron chi connectivity index (χ4n) is 3.53. The third-order valence-electron chi connectivity index (χ3n) is 4.90. The van der Waals surface area contributed by atoms with Gasteiger partial charge in [-0.3, -0.25) is 10.1 Å². The topological polar surface area (TPSA) is 109 Å². The van der Waals surface area contributed by atoms with Gasteiger partial charge < -0.3 is 20.1 Å². The molecule has 28 heavy (non-hydrogen) atoms.